The largest absolute Gasteiger partial charge is 0.377 e. The van der Waals surface area contributed by atoms with Crippen molar-refractivity contribution in [1.82, 2.24) is 15.4 Å². The molecule has 0 atom stereocenters. The summed E-state index contributed by atoms with van der Waals surface area (Å²) in [7, 11) is 1.66. The lowest BCUT2D eigenvalue weighted by atomic mass is 9.97. The topological polar surface area (TPSA) is 50.5 Å². The van der Waals surface area contributed by atoms with Crippen LogP contribution in [-0.2, 0) is 17.9 Å². The van der Waals surface area contributed by atoms with Gasteiger partial charge in [0.1, 0.15) is 6.61 Å². The Morgan fingerprint density at radius 1 is 1.47 bits per heavy atom. The molecule has 0 saturated carbocycles. The predicted octanol–water partition coefficient (Wildman–Crippen LogP) is 1.64. The molecule has 1 aromatic rings. The zero-order chi connectivity index (χ0) is 13.5. The Bertz CT molecular complexity index is 361. The maximum atomic E-state index is 5.23. The van der Waals surface area contributed by atoms with E-state index in [1.807, 2.05) is 6.07 Å². The summed E-state index contributed by atoms with van der Waals surface area (Å²) >= 11 is 0. The highest BCUT2D eigenvalue weighted by atomic mass is 16.5. The normalized spacial score (nSPS) is 17.2. The summed E-state index contributed by atoms with van der Waals surface area (Å²) in [6.07, 6.45) is 2.56. The van der Waals surface area contributed by atoms with E-state index in [9.17, 15) is 0 Å². The monoisotopic (exact) mass is 267 g/mol. The molecule has 5 heteroatoms. The van der Waals surface area contributed by atoms with E-state index >= 15 is 0 Å². The lowest BCUT2D eigenvalue weighted by Gasteiger charge is -2.28. The summed E-state index contributed by atoms with van der Waals surface area (Å²) in [6, 6.07) is 1.99. The van der Waals surface area contributed by atoms with Gasteiger partial charge in [-0.3, -0.25) is 4.90 Å². The molecule has 1 fully saturated rings. The second kappa shape index (κ2) is 7.62. The van der Waals surface area contributed by atoms with Gasteiger partial charge in [0, 0.05) is 26.3 Å². The van der Waals surface area contributed by atoms with Gasteiger partial charge in [-0.15, -0.1) is 0 Å². The van der Waals surface area contributed by atoms with Crippen molar-refractivity contribution >= 4 is 0 Å². The molecule has 2 heterocycles. The van der Waals surface area contributed by atoms with Crippen LogP contribution in [0.3, 0.4) is 0 Å². The van der Waals surface area contributed by atoms with E-state index in [0.717, 1.165) is 50.1 Å². The zero-order valence-corrected chi connectivity index (χ0v) is 12.0. The molecule has 5 nitrogen and oxygen atoms in total. The minimum atomic E-state index is 0.493. The van der Waals surface area contributed by atoms with E-state index < -0.39 is 0 Å². The lowest BCUT2D eigenvalue weighted by molar-refractivity contribution is 0.155. The number of ether oxygens (including phenoxy) is 1. The predicted molar refractivity (Wildman–Crippen MR) is 73.8 cm³/mol. The van der Waals surface area contributed by atoms with Gasteiger partial charge in [-0.1, -0.05) is 12.1 Å². The molecule has 2 rings (SSSR count). The summed E-state index contributed by atoms with van der Waals surface area (Å²) in [4.78, 5) is 2.45. The molecule has 1 aliphatic heterocycles. The van der Waals surface area contributed by atoms with Gasteiger partial charge in [-0.25, -0.2) is 0 Å². The van der Waals surface area contributed by atoms with Gasteiger partial charge in [-0.05, 0) is 38.4 Å². The van der Waals surface area contributed by atoms with E-state index in [1.165, 1.54) is 12.8 Å². The molecule has 1 aliphatic rings. The molecule has 108 valence electrons. The van der Waals surface area contributed by atoms with Gasteiger partial charge < -0.3 is 14.6 Å². The first-order chi connectivity index (χ1) is 9.31. The van der Waals surface area contributed by atoms with E-state index in [-0.39, 0.29) is 0 Å². The summed E-state index contributed by atoms with van der Waals surface area (Å²) in [5, 5.41) is 7.52. The number of methoxy groups -OCH3 is 1. The number of aromatic nitrogens is 1. The van der Waals surface area contributed by atoms with Crippen molar-refractivity contribution in [3.8, 4) is 0 Å². The van der Waals surface area contributed by atoms with Crippen molar-refractivity contribution < 1.29 is 9.26 Å². The summed E-state index contributed by atoms with van der Waals surface area (Å²) in [6.45, 7) is 8.09. The van der Waals surface area contributed by atoms with Gasteiger partial charge >= 0.3 is 0 Å². The Balaban J connectivity index is 1.83. The number of hydrogen-bond acceptors (Lipinski definition) is 5. The first-order valence-electron chi connectivity index (χ1n) is 7.18. The standard InChI is InChI=1S/C14H25N3O2/c1-3-17(9-12-4-6-15-7-5-12)10-13-8-14(11-18-2)19-16-13/h8,12,15H,3-7,9-11H2,1-2H3. The fraction of sp³-hybridized carbons (Fsp3) is 0.786. The van der Waals surface area contributed by atoms with Crippen LogP contribution in [-0.4, -0.2) is 43.3 Å². The Hall–Kier alpha value is -0.910. The van der Waals surface area contributed by atoms with Gasteiger partial charge in [0.25, 0.3) is 0 Å². The van der Waals surface area contributed by atoms with Crippen molar-refractivity contribution in [1.29, 1.82) is 0 Å². The average Bonchev–Trinajstić information content (AvgIpc) is 2.87. The number of hydrogen-bond donors (Lipinski definition) is 1. The van der Waals surface area contributed by atoms with E-state index in [0.29, 0.717) is 6.61 Å². The molecule has 0 amide bonds. The van der Waals surface area contributed by atoms with Crippen LogP contribution in [0.15, 0.2) is 10.6 Å². The molecule has 0 aliphatic carbocycles. The summed E-state index contributed by atoms with van der Waals surface area (Å²) < 4.78 is 10.3. The quantitative estimate of drug-likeness (QED) is 0.814. The Labute approximate surface area is 115 Å². The number of rotatable bonds is 7. The number of piperidine rings is 1. The lowest BCUT2D eigenvalue weighted by Crippen LogP contribution is -2.35. The van der Waals surface area contributed by atoms with Crippen LogP contribution in [0.2, 0.25) is 0 Å². The zero-order valence-electron chi connectivity index (χ0n) is 12.0. The maximum absolute atomic E-state index is 5.23. The van der Waals surface area contributed by atoms with E-state index in [2.05, 4.69) is 22.3 Å². The maximum Gasteiger partial charge on any atom is 0.162 e. The van der Waals surface area contributed by atoms with Gasteiger partial charge in [0.05, 0.1) is 5.69 Å². The summed E-state index contributed by atoms with van der Waals surface area (Å²) in [5.41, 5.74) is 1.00. The third-order valence-electron chi connectivity index (χ3n) is 3.70. The third kappa shape index (κ3) is 4.60. The minimum absolute atomic E-state index is 0.493. The van der Waals surface area contributed by atoms with Gasteiger partial charge in [0.15, 0.2) is 5.76 Å². The van der Waals surface area contributed by atoms with Gasteiger partial charge in [-0.2, -0.15) is 0 Å². The van der Waals surface area contributed by atoms with Crippen molar-refractivity contribution in [2.24, 2.45) is 5.92 Å². The van der Waals surface area contributed by atoms with E-state index in [4.69, 9.17) is 9.26 Å². The second-order valence-electron chi connectivity index (χ2n) is 5.24. The Kier molecular flexibility index (Phi) is 5.82. The smallest absolute Gasteiger partial charge is 0.162 e. The van der Waals surface area contributed by atoms with Gasteiger partial charge in [0.2, 0.25) is 0 Å². The number of nitrogens with one attached hydrogen (secondary N) is 1. The molecule has 0 radical (unpaired) electrons. The van der Waals surface area contributed by atoms with Crippen molar-refractivity contribution in [3.63, 3.8) is 0 Å². The average molecular weight is 267 g/mol. The molecule has 1 N–H and O–H groups in total. The second-order valence-corrected chi connectivity index (χ2v) is 5.24. The molecule has 19 heavy (non-hydrogen) atoms. The molecule has 0 aromatic carbocycles. The van der Waals surface area contributed by atoms with Crippen molar-refractivity contribution in [2.45, 2.75) is 32.9 Å². The van der Waals surface area contributed by atoms with Crippen LogP contribution in [0.25, 0.3) is 0 Å². The summed E-state index contributed by atoms with van der Waals surface area (Å²) in [5.74, 6) is 1.61. The first-order valence-corrected chi connectivity index (χ1v) is 7.18. The fourth-order valence-electron chi connectivity index (χ4n) is 2.60. The highest BCUT2D eigenvalue weighted by molar-refractivity contribution is 5.04. The number of nitrogens with zero attached hydrogens (tertiary/aromatic N) is 2. The molecule has 0 unspecified atom stereocenters. The first kappa shape index (κ1) is 14.5. The van der Waals surface area contributed by atoms with Crippen LogP contribution in [0.1, 0.15) is 31.2 Å². The Morgan fingerprint density at radius 3 is 2.95 bits per heavy atom. The SMILES string of the molecule is CCN(Cc1cc(COC)on1)CC1CCNCC1. The van der Waals surface area contributed by atoms with Crippen LogP contribution in [0.5, 0.6) is 0 Å². The van der Waals surface area contributed by atoms with Crippen LogP contribution in [0, 0.1) is 5.92 Å². The molecule has 1 aromatic heterocycles. The molecule has 1 saturated heterocycles. The minimum Gasteiger partial charge on any atom is -0.377 e. The molecule has 0 spiro atoms. The van der Waals surface area contributed by atoms with Crippen molar-refractivity contribution in [2.75, 3.05) is 33.3 Å². The van der Waals surface area contributed by atoms with Crippen LogP contribution in [0.4, 0.5) is 0 Å². The van der Waals surface area contributed by atoms with E-state index in [1.54, 1.807) is 7.11 Å². The van der Waals surface area contributed by atoms with Crippen molar-refractivity contribution in [3.05, 3.63) is 17.5 Å². The highest BCUT2D eigenvalue weighted by Crippen LogP contribution is 2.15. The third-order valence-corrected chi connectivity index (χ3v) is 3.70. The van der Waals surface area contributed by atoms with Crippen LogP contribution < -0.4 is 5.32 Å². The highest BCUT2D eigenvalue weighted by Gasteiger charge is 2.17. The molecule has 0 bridgehead atoms. The molecular formula is C14H25N3O2. The van der Waals surface area contributed by atoms with Crippen LogP contribution >= 0.6 is 0 Å². The Morgan fingerprint density at radius 2 is 2.26 bits per heavy atom. The fourth-order valence-corrected chi connectivity index (χ4v) is 2.60. The molecular weight excluding hydrogens is 242 g/mol.